The van der Waals surface area contributed by atoms with E-state index in [2.05, 4.69) is 26.1 Å². The summed E-state index contributed by atoms with van der Waals surface area (Å²) in [4.78, 5) is 36.1. The van der Waals surface area contributed by atoms with Gasteiger partial charge in [0, 0.05) is 28.8 Å². The van der Waals surface area contributed by atoms with E-state index < -0.39 is 16.6 Å². The van der Waals surface area contributed by atoms with Crippen LogP contribution in [0.3, 0.4) is 0 Å². The van der Waals surface area contributed by atoms with Gasteiger partial charge in [0.1, 0.15) is 0 Å². The molecule has 0 aromatic heterocycles. The van der Waals surface area contributed by atoms with Gasteiger partial charge in [0.15, 0.2) is 5.78 Å². The number of nitro benzene ring substituents is 1. The number of nitrogens with one attached hydrogen (secondary N) is 1. The van der Waals surface area contributed by atoms with Crippen LogP contribution in [0, 0.1) is 10.1 Å². The summed E-state index contributed by atoms with van der Waals surface area (Å²) >= 11 is 0. The fraction of sp³-hybridized carbons (Fsp3) is 0.167. The van der Waals surface area contributed by atoms with E-state index in [0.29, 0.717) is 5.56 Å². The Morgan fingerprint density at radius 1 is 0.903 bits per heavy atom. The van der Waals surface area contributed by atoms with Crippen LogP contribution >= 0.6 is 0 Å². The smallest absolute Gasteiger partial charge is 0.269 e. The molecule has 7 heteroatoms. The Kier molecular flexibility index (Phi) is 5.88. The number of non-ortho nitro benzene ring substituents is 1. The van der Waals surface area contributed by atoms with Crippen molar-refractivity contribution >= 4 is 28.8 Å². The number of amides is 1. The lowest BCUT2D eigenvalue weighted by Gasteiger charge is -2.19. The van der Waals surface area contributed by atoms with Crippen molar-refractivity contribution in [3.05, 3.63) is 99.1 Å². The first-order valence-electron chi connectivity index (χ1n) is 9.67. The van der Waals surface area contributed by atoms with Crippen molar-refractivity contribution in [3.8, 4) is 0 Å². The normalized spacial score (nSPS) is 11.1. The van der Waals surface area contributed by atoms with Crippen LogP contribution < -0.4 is 11.1 Å². The van der Waals surface area contributed by atoms with E-state index in [1.165, 1.54) is 24.3 Å². The highest BCUT2D eigenvalue weighted by Gasteiger charge is 2.20. The average Bonchev–Trinajstić information content (AvgIpc) is 2.74. The highest BCUT2D eigenvalue weighted by atomic mass is 16.6. The van der Waals surface area contributed by atoms with E-state index in [-0.39, 0.29) is 33.6 Å². The van der Waals surface area contributed by atoms with Crippen LogP contribution in [0.1, 0.15) is 52.6 Å². The Bertz CT molecular complexity index is 1140. The number of carbonyl (C=O) groups is 2. The molecule has 0 unspecified atom stereocenters. The predicted molar refractivity (Wildman–Crippen MR) is 120 cm³/mol. The number of nitro groups is 1. The number of nitrogens with zero attached hydrogens (tertiary/aromatic N) is 1. The summed E-state index contributed by atoms with van der Waals surface area (Å²) < 4.78 is 0. The van der Waals surface area contributed by atoms with E-state index in [4.69, 9.17) is 5.73 Å². The van der Waals surface area contributed by atoms with Crippen molar-refractivity contribution in [1.29, 1.82) is 0 Å². The van der Waals surface area contributed by atoms with Crippen molar-refractivity contribution < 1.29 is 14.5 Å². The first-order valence-corrected chi connectivity index (χ1v) is 9.67. The minimum absolute atomic E-state index is 0.0385. The quantitative estimate of drug-likeness (QED) is 0.263. The maximum atomic E-state index is 13.0. The lowest BCUT2D eigenvalue weighted by atomic mass is 9.86. The zero-order valence-electron chi connectivity index (χ0n) is 17.5. The van der Waals surface area contributed by atoms with E-state index in [9.17, 15) is 19.7 Å². The van der Waals surface area contributed by atoms with E-state index in [1.807, 2.05) is 12.1 Å². The van der Waals surface area contributed by atoms with E-state index >= 15 is 0 Å². The summed E-state index contributed by atoms with van der Waals surface area (Å²) in [6.45, 7) is 6.26. The summed E-state index contributed by atoms with van der Waals surface area (Å²) in [6.07, 6.45) is 0. The summed E-state index contributed by atoms with van der Waals surface area (Å²) in [6, 6.07) is 17.3. The van der Waals surface area contributed by atoms with Gasteiger partial charge in [0.25, 0.3) is 11.6 Å². The summed E-state index contributed by atoms with van der Waals surface area (Å²) in [5, 5.41) is 13.6. The molecule has 1 amide bonds. The topological polar surface area (TPSA) is 115 Å². The molecule has 0 bridgehead atoms. The Labute approximate surface area is 180 Å². The standard InChI is InChI=1S/C24H23N3O4/c1-24(2,3)17-11-7-16(8-12-17)23(29)26-21-19(5-4-6-20(21)25)22(28)15-9-13-18(14-10-15)27(30)31/h4-14H,25H2,1-3H3,(H,26,29). The molecule has 0 aliphatic rings. The van der Waals surface area contributed by atoms with Gasteiger partial charge in [0.05, 0.1) is 16.3 Å². The third-order valence-corrected chi connectivity index (χ3v) is 4.93. The number of nitrogens with two attached hydrogens (primary N) is 1. The van der Waals surface area contributed by atoms with Gasteiger partial charge in [-0.15, -0.1) is 0 Å². The molecule has 0 saturated heterocycles. The zero-order chi connectivity index (χ0) is 22.8. The largest absolute Gasteiger partial charge is 0.397 e. The number of para-hydroxylation sites is 1. The Morgan fingerprint density at radius 3 is 2.03 bits per heavy atom. The van der Waals surface area contributed by atoms with E-state index in [1.54, 1.807) is 30.3 Å². The molecule has 3 aromatic rings. The van der Waals surface area contributed by atoms with E-state index in [0.717, 1.165) is 5.56 Å². The first kappa shape index (κ1) is 21.7. The molecule has 3 aromatic carbocycles. The third kappa shape index (κ3) is 4.78. The van der Waals surface area contributed by atoms with Crippen LogP contribution in [0.25, 0.3) is 0 Å². The van der Waals surface area contributed by atoms with Gasteiger partial charge < -0.3 is 11.1 Å². The molecule has 3 N–H and O–H groups in total. The van der Waals surface area contributed by atoms with Crippen molar-refractivity contribution in [3.63, 3.8) is 0 Å². The number of hydrogen-bond acceptors (Lipinski definition) is 5. The van der Waals surface area contributed by atoms with Crippen LogP contribution in [0.2, 0.25) is 0 Å². The molecule has 31 heavy (non-hydrogen) atoms. The second-order valence-electron chi connectivity index (χ2n) is 8.18. The second kappa shape index (κ2) is 8.39. The highest BCUT2D eigenvalue weighted by molar-refractivity contribution is 6.17. The number of ketones is 1. The van der Waals surface area contributed by atoms with Gasteiger partial charge in [-0.1, -0.05) is 39.0 Å². The molecule has 0 aliphatic heterocycles. The molecule has 0 fully saturated rings. The number of rotatable bonds is 5. The fourth-order valence-corrected chi connectivity index (χ4v) is 3.10. The van der Waals surface area contributed by atoms with Crippen LogP contribution in [0.4, 0.5) is 17.1 Å². The predicted octanol–water partition coefficient (Wildman–Crippen LogP) is 4.96. The number of nitrogen functional groups attached to an aromatic ring is 1. The molecular formula is C24H23N3O4. The SMILES string of the molecule is CC(C)(C)c1ccc(C(=O)Nc2c(N)cccc2C(=O)c2ccc([N+](=O)[O-])cc2)cc1. The van der Waals surface area contributed by atoms with Crippen molar-refractivity contribution in [2.45, 2.75) is 26.2 Å². The van der Waals surface area contributed by atoms with Gasteiger partial charge >= 0.3 is 0 Å². The van der Waals surface area contributed by atoms with Gasteiger partial charge in [-0.05, 0) is 47.4 Å². The molecule has 0 heterocycles. The molecule has 0 spiro atoms. The summed E-state index contributed by atoms with van der Waals surface area (Å²) in [7, 11) is 0. The minimum Gasteiger partial charge on any atom is -0.397 e. The summed E-state index contributed by atoms with van der Waals surface area (Å²) in [5.74, 6) is -0.795. The van der Waals surface area contributed by atoms with Gasteiger partial charge in [-0.3, -0.25) is 19.7 Å². The number of hydrogen-bond donors (Lipinski definition) is 2. The molecule has 0 radical (unpaired) electrons. The van der Waals surface area contributed by atoms with Crippen molar-refractivity contribution in [2.24, 2.45) is 0 Å². The molecule has 3 rings (SSSR count). The summed E-state index contributed by atoms with van der Waals surface area (Å²) in [5.41, 5.74) is 8.33. The number of benzene rings is 3. The third-order valence-electron chi connectivity index (χ3n) is 4.93. The van der Waals surface area contributed by atoms with Gasteiger partial charge in [-0.2, -0.15) is 0 Å². The van der Waals surface area contributed by atoms with Crippen LogP contribution in [-0.2, 0) is 5.41 Å². The second-order valence-corrected chi connectivity index (χ2v) is 8.18. The van der Waals surface area contributed by atoms with Crippen molar-refractivity contribution in [1.82, 2.24) is 0 Å². The minimum atomic E-state index is -0.536. The van der Waals surface area contributed by atoms with Crippen LogP contribution in [0.5, 0.6) is 0 Å². The maximum absolute atomic E-state index is 13.0. The monoisotopic (exact) mass is 417 g/mol. The number of anilines is 2. The first-order chi connectivity index (χ1) is 14.6. The molecule has 0 saturated carbocycles. The Hall–Kier alpha value is -4.00. The van der Waals surface area contributed by atoms with Gasteiger partial charge in [0.2, 0.25) is 0 Å². The van der Waals surface area contributed by atoms with Crippen LogP contribution in [-0.4, -0.2) is 16.6 Å². The Morgan fingerprint density at radius 2 is 1.48 bits per heavy atom. The molecule has 7 nitrogen and oxygen atoms in total. The maximum Gasteiger partial charge on any atom is 0.269 e. The lowest BCUT2D eigenvalue weighted by molar-refractivity contribution is -0.384. The van der Waals surface area contributed by atoms with Crippen LogP contribution in [0.15, 0.2) is 66.7 Å². The lowest BCUT2D eigenvalue weighted by Crippen LogP contribution is -2.17. The zero-order valence-corrected chi connectivity index (χ0v) is 17.5. The van der Waals surface area contributed by atoms with Gasteiger partial charge in [-0.25, -0.2) is 0 Å². The molecule has 0 aliphatic carbocycles. The van der Waals surface area contributed by atoms with Crippen molar-refractivity contribution in [2.75, 3.05) is 11.1 Å². The Balaban J connectivity index is 1.89. The molecular weight excluding hydrogens is 394 g/mol. The highest BCUT2D eigenvalue weighted by Crippen LogP contribution is 2.28. The number of carbonyl (C=O) groups excluding carboxylic acids is 2. The average molecular weight is 417 g/mol. The molecule has 0 atom stereocenters. The fourth-order valence-electron chi connectivity index (χ4n) is 3.10. The molecule has 158 valence electrons.